The minimum Gasteiger partial charge on any atom is -0.377 e. The molecule has 0 saturated carbocycles. The quantitative estimate of drug-likeness (QED) is 0.779. The largest absolute Gasteiger partial charge is 0.377 e. The lowest BCUT2D eigenvalue weighted by molar-refractivity contribution is 0.0985. The Morgan fingerprint density at radius 3 is 3.09 bits per heavy atom. The van der Waals surface area contributed by atoms with Gasteiger partial charge in [-0.25, -0.2) is 9.50 Å². The topological polar surface area (TPSA) is 71.3 Å². The predicted octanol–water partition coefficient (Wildman–Crippen LogP) is 1.65. The molecule has 7 heteroatoms. The highest BCUT2D eigenvalue weighted by Crippen LogP contribution is 2.26. The number of hydrogen-bond donors (Lipinski definition) is 1. The molecule has 114 valence electrons. The first-order valence-electron chi connectivity index (χ1n) is 7.43. The number of anilines is 1. The van der Waals surface area contributed by atoms with Crippen LogP contribution in [0.4, 0.5) is 5.82 Å². The fourth-order valence-electron chi connectivity index (χ4n) is 2.91. The fourth-order valence-corrected chi connectivity index (χ4v) is 2.91. The van der Waals surface area contributed by atoms with E-state index in [1.807, 2.05) is 23.7 Å². The van der Waals surface area contributed by atoms with E-state index in [4.69, 9.17) is 9.72 Å². The SMILES string of the molecule is Cc1cc(N2CCOC[C@H]2C)nc2c(-c3ccn[nH]3)cnn12. The van der Waals surface area contributed by atoms with Crippen LogP contribution in [0.5, 0.6) is 0 Å². The van der Waals surface area contributed by atoms with Crippen LogP contribution in [-0.2, 0) is 4.74 Å². The van der Waals surface area contributed by atoms with E-state index in [9.17, 15) is 0 Å². The van der Waals surface area contributed by atoms with E-state index < -0.39 is 0 Å². The lowest BCUT2D eigenvalue weighted by atomic mass is 10.2. The minimum atomic E-state index is 0.321. The molecule has 0 amide bonds. The number of hydrogen-bond acceptors (Lipinski definition) is 5. The second kappa shape index (κ2) is 5.10. The maximum Gasteiger partial charge on any atom is 0.166 e. The van der Waals surface area contributed by atoms with Gasteiger partial charge >= 0.3 is 0 Å². The van der Waals surface area contributed by atoms with Gasteiger partial charge < -0.3 is 9.64 Å². The van der Waals surface area contributed by atoms with Gasteiger partial charge in [-0.1, -0.05) is 0 Å². The first-order valence-corrected chi connectivity index (χ1v) is 7.43. The molecule has 0 spiro atoms. The molecular weight excluding hydrogens is 280 g/mol. The lowest BCUT2D eigenvalue weighted by Crippen LogP contribution is -2.44. The third-order valence-corrected chi connectivity index (χ3v) is 4.09. The summed E-state index contributed by atoms with van der Waals surface area (Å²) in [5.41, 5.74) is 3.79. The Morgan fingerprint density at radius 1 is 1.41 bits per heavy atom. The first-order chi connectivity index (χ1) is 10.7. The number of H-pyrrole nitrogens is 1. The van der Waals surface area contributed by atoms with Gasteiger partial charge in [-0.15, -0.1) is 0 Å². The van der Waals surface area contributed by atoms with Gasteiger partial charge in [0.25, 0.3) is 0 Å². The van der Waals surface area contributed by atoms with Gasteiger partial charge in [-0.3, -0.25) is 5.10 Å². The third kappa shape index (κ3) is 2.05. The fraction of sp³-hybridized carbons (Fsp3) is 0.400. The number of morpholine rings is 1. The number of aryl methyl sites for hydroxylation is 1. The van der Waals surface area contributed by atoms with Crippen LogP contribution in [-0.4, -0.2) is 50.6 Å². The van der Waals surface area contributed by atoms with Crippen molar-refractivity contribution in [2.24, 2.45) is 0 Å². The van der Waals surface area contributed by atoms with Crippen LogP contribution < -0.4 is 4.90 Å². The molecule has 3 aromatic rings. The molecule has 4 rings (SSSR count). The molecule has 3 aromatic heterocycles. The minimum absolute atomic E-state index is 0.321. The van der Waals surface area contributed by atoms with Crippen LogP contribution >= 0.6 is 0 Å². The summed E-state index contributed by atoms with van der Waals surface area (Å²) in [7, 11) is 0. The Labute approximate surface area is 127 Å². The molecule has 0 unspecified atom stereocenters. The molecule has 1 N–H and O–H groups in total. The normalized spacial score (nSPS) is 19.0. The van der Waals surface area contributed by atoms with Crippen LogP contribution in [0.2, 0.25) is 0 Å². The van der Waals surface area contributed by atoms with Crippen molar-refractivity contribution < 1.29 is 4.74 Å². The van der Waals surface area contributed by atoms with Crippen LogP contribution in [0.1, 0.15) is 12.6 Å². The zero-order valence-corrected chi connectivity index (χ0v) is 12.7. The van der Waals surface area contributed by atoms with Crippen molar-refractivity contribution in [1.29, 1.82) is 0 Å². The molecule has 1 aliphatic heterocycles. The lowest BCUT2D eigenvalue weighted by Gasteiger charge is -2.34. The highest BCUT2D eigenvalue weighted by atomic mass is 16.5. The number of aromatic amines is 1. The van der Waals surface area contributed by atoms with E-state index in [2.05, 4.69) is 33.2 Å². The van der Waals surface area contributed by atoms with Crippen LogP contribution in [0.25, 0.3) is 16.9 Å². The molecule has 7 nitrogen and oxygen atoms in total. The molecule has 1 saturated heterocycles. The number of aromatic nitrogens is 5. The summed E-state index contributed by atoms with van der Waals surface area (Å²) in [5, 5.41) is 11.4. The van der Waals surface area contributed by atoms with Gasteiger partial charge in [0, 0.05) is 24.5 Å². The van der Waals surface area contributed by atoms with Gasteiger partial charge in [0.1, 0.15) is 5.82 Å². The van der Waals surface area contributed by atoms with Crippen molar-refractivity contribution in [2.75, 3.05) is 24.7 Å². The number of fused-ring (bicyclic) bond motifs is 1. The van der Waals surface area contributed by atoms with Crippen molar-refractivity contribution >= 4 is 11.5 Å². The number of nitrogens with zero attached hydrogens (tertiary/aromatic N) is 5. The highest BCUT2D eigenvalue weighted by Gasteiger charge is 2.22. The van der Waals surface area contributed by atoms with E-state index >= 15 is 0 Å². The predicted molar refractivity (Wildman–Crippen MR) is 82.9 cm³/mol. The van der Waals surface area contributed by atoms with Crippen LogP contribution in [0, 0.1) is 6.92 Å². The van der Waals surface area contributed by atoms with Gasteiger partial charge in [0.05, 0.1) is 36.7 Å². The van der Waals surface area contributed by atoms with Gasteiger partial charge in [0.2, 0.25) is 0 Å². The molecule has 1 aliphatic rings. The Hall–Kier alpha value is -2.41. The van der Waals surface area contributed by atoms with E-state index in [1.165, 1.54) is 0 Å². The number of ether oxygens (including phenoxy) is 1. The van der Waals surface area contributed by atoms with Crippen molar-refractivity contribution in [1.82, 2.24) is 24.8 Å². The molecule has 0 radical (unpaired) electrons. The van der Waals surface area contributed by atoms with Gasteiger partial charge in [-0.2, -0.15) is 10.2 Å². The Bertz CT molecular complexity index is 794. The van der Waals surface area contributed by atoms with Crippen molar-refractivity contribution in [3.8, 4) is 11.3 Å². The average molecular weight is 298 g/mol. The van der Waals surface area contributed by atoms with E-state index in [0.717, 1.165) is 48.2 Å². The van der Waals surface area contributed by atoms with Crippen LogP contribution in [0.15, 0.2) is 24.5 Å². The second-order valence-electron chi connectivity index (χ2n) is 5.64. The van der Waals surface area contributed by atoms with Crippen molar-refractivity contribution in [2.45, 2.75) is 19.9 Å². The number of rotatable bonds is 2. The summed E-state index contributed by atoms with van der Waals surface area (Å²) in [6, 6.07) is 4.33. The van der Waals surface area contributed by atoms with E-state index in [0.29, 0.717) is 6.04 Å². The molecule has 1 fully saturated rings. The first kappa shape index (κ1) is 13.3. The van der Waals surface area contributed by atoms with Gasteiger partial charge in [0.15, 0.2) is 5.65 Å². The summed E-state index contributed by atoms with van der Waals surface area (Å²) in [6.07, 6.45) is 3.56. The van der Waals surface area contributed by atoms with Crippen LogP contribution in [0.3, 0.4) is 0 Å². The van der Waals surface area contributed by atoms with Crippen molar-refractivity contribution in [3.63, 3.8) is 0 Å². The smallest absolute Gasteiger partial charge is 0.166 e. The Morgan fingerprint density at radius 2 is 2.32 bits per heavy atom. The van der Waals surface area contributed by atoms with Crippen molar-refractivity contribution in [3.05, 3.63) is 30.2 Å². The maximum atomic E-state index is 5.52. The average Bonchev–Trinajstić information content (AvgIpc) is 3.16. The monoisotopic (exact) mass is 298 g/mol. The van der Waals surface area contributed by atoms with E-state index in [1.54, 1.807) is 6.20 Å². The molecule has 0 aromatic carbocycles. The maximum absolute atomic E-state index is 5.52. The second-order valence-corrected chi connectivity index (χ2v) is 5.64. The molecule has 1 atom stereocenters. The summed E-state index contributed by atoms with van der Waals surface area (Å²) in [6.45, 7) is 6.54. The summed E-state index contributed by atoms with van der Waals surface area (Å²) < 4.78 is 7.38. The molecule has 0 bridgehead atoms. The summed E-state index contributed by atoms with van der Waals surface area (Å²) >= 11 is 0. The highest BCUT2D eigenvalue weighted by molar-refractivity contribution is 5.75. The zero-order chi connectivity index (χ0) is 15.1. The Kier molecular flexibility index (Phi) is 3.07. The Balaban J connectivity index is 1.85. The molecule has 22 heavy (non-hydrogen) atoms. The molecular formula is C15H18N6O. The van der Waals surface area contributed by atoms with Gasteiger partial charge in [-0.05, 0) is 19.9 Å². The number of nitrogens with one attached hydrogen (secondary N) is 1. The third-order valence-electron chi connectivity index (χ3n) is 4.09. The standard InChI is InChI=1S/C15H18N6O/c1-10-7-14(20-5-6-22-9-11(20)2)18-15-12(8-17-21(10)15)13-3-4-16-19-13/h3-4,7-8,11H,5-6,9H2,1-2H3,(H,16,19)/t11-/m1/s1. The molecule has 4 heterocycles. The summed E-state index contributed by atoms with van der Waals surface area (Å²) in [4.78, 5) is 7.14. The van der Waals surface area contributed by atoms with E-state index in [-0.39, 0.29) is 0 Å². The zero-order valence-electron chi connectivity index (χ0n) is 12.7. The summed E-state index contributed by atoms with van der Waals surface area (Å²) in [5.74, 6) is 0.974. The molecule has 0 aliphatic carbocycles.